The molecule has 0 radical (unpaired) electrons. The van der Waals surface area contributed by atoms with Crippen LogP contribution in [0.1, 0.15) is 0 Å². The molecule has 0 saturated heterocycles. The van der Waals surface area contributed by atoms with Gasteiger partial charge in [0, 0.05) is 18.0 Å². The first-order valence-electron chi connectivity index (χ1n) is 7.00. The first-order chi connectivity index (χ1) is 11.6. The third-order valence-electron chi connectivity index (χ3n) is 3.53. The second kappa shape index (κ2) is 5.54. The molecular weight excluding hydrogens is 331 g/mol. The van der Waals surface area contributed by atoms with Gasteiger partial charge >= 0.3 is 0 Å². The number of benzene rings is 1. The van der Waals surface area contributed by atoms with Crippen LogP contribution in [0.4, 0.5) is 10.2 Å². The van der Waals surface area contributed by atoms with Crippen molar-refractivity contribution in [1.29, 1.82) is 0 Å². The molecule has 0 aliphatic heterocycles. The third kappa shape index (κ3) is 2.35. The number of nitrogen functional groups attached to an aromatic ring is 1. The summed E-state index contributed by atoms with van der Waals surface area (Å²) in [5.41, 5.74) is 7.57. The maximum absolute atomic E-state index is 13.3. The summed E-state index contributed by atoms with van der Waals surface area (Å²) >= 11 is 6.13. The molecule has 6 nitrogen and oxygen atoms in total. The molecule has 0 aliphatic rings. The molecular formula is C16H10ClFN6. The van der Waals surface area contributed by atoms with E-state index >= 15 is 0 Å². The smallest absolute Gasteiger partial charge is 0.163 e. The SMILES string of the molecule is Nc1ccnc(-c2ccnc3c2cnn3-c2ccc(F)cc2Cl)n1. The van der Waals surface area contributed by atoms with Gasteiger partial charge in [-0.05, 0) is 30.3 Å². The van der Waals surface area contributed by atoms with Crippen LogP contribution in [0.15, 0.2) is 48.9 Å². The van der Waals surface area contributed by atoms with E-state index in [1.807, 2.05) is 0 Å². The van der Waals surface area contributed by atoms with Crippen molar-refractivity contribution < 1.29 is 4.39 Å². The largest absolute Gasteiger partial charge is 0.384 e. The van der Waals surface area contributed by atoms with Gasteiger partial charge < -0.3 is 5.73 Å². The standard InChI is InChI=1S/C16H10ClFN6/c17-12-7-9(18)1-2-13(12)24-16-11(8-22-24)10(3-5-21-16)15-20-6-4-14(19)23-15/h1-8H,(H2,19,20,23). The zero-order valence-corrected chi connectivity index (χ0v) is 12.9. The van der Waals surface area contributed by atoms with Gasteiger partial charge in [-0.1, -0.05) is 11.6 Å². The Bertz CT molecular complexity index is 1060. The lowest BCUT2D eigenvalue weighted by molar-refractivity contribution is 0.627. The number of pyridine rings is 1. The quantitative estimate of drug-likeness (QED) is 0.605. The summed E-state index contributed by atoms with van der Waals surface area (Å²) in [5, 5.41) is 5.31. The molecule has 4 aromatic rings. The second-order valence-electron chi connectivity index (χ2n) is 5.05. The number of anilines is 1. The predicted molar refractivity (Wildman–Crippen MR) is 89.3 cm³/mol. The van der Waals surface area contributed by atoms with E-state index in [1.54, 1.807) is 41.5 Å². The van der Waals surface area contributed by atoms with E-state index in [9.17, 15) is 4.39 Å². The molecule has 118 valence electrons. The van der Waals surface area contributed by atoms with Crippen molar-refractivity contribution in [3.05, 3.63) is 59.8 Å². The molecule has 3 heterocycles. The van der Waals surface area contributed by atoms with Crippen LogP contribution in [0.5, 0.6) is 0 Å². The van der Waals surface area contributed by atoms with Crippen LogP contribution in [0.3, 0.4) is 0 Å². The lowest BCUT2D eigenvalue weighted by atomic mass is 10.2. The molecule has 0 amide bonds. The first-order valence-corrected chi connectivity index (χ1v) is 7.38. The summed E-state index contributed by atoms with van der Waals surface area (Å²) < 4.78 is 14.8. The topological polar surface area (TPSA) is 82.5 Å². The molecule has 0 atom stereocenters. The highest BCUT2D eigenvalue weighted by molar-refractivity contribution is 6.32. The fraction of sp³-hybridized carbons (Fsp3) is 0. The van der Waals surface area contributed by atoms with Crippen molar-refractivity contribution in [2.45, 2.75) is 0 Å². The summed E-state index contributed by atoms with van der Waals surface area (Å²) in [7, 11) is 0. The molecule has 0 fully saturated rings. The Balaban J connectivity index is 1.94. The highest BCUT2D eigenvalue weighted by Crippen LogP contribution is 2.28. The minimum atomic E-state index is -0.415. The predicted octanol–water partition coefficient (Wildman–Crippen LogP) is 3.25. The Morgan fingerprint density at radius 3 is 2.71 bits per heavy atom. The maximum atomic E-state index is 13.3. The van der Waals surface area contributed by atoms with Crippen LogP contribution in [0.25, 0.3) is 28.1 Å². The summed E-state index contributed by atoms with van der Waals surface area (Å²) in [6.45, 7) is 0. The van der Waals surface area contributed by atoms with Crippen molar-refractivity contribution in [3.63, 3.8) is 0 Å². The van der Waals surface area contributed by atoms with Gasteiger partial charge in [-0.3, -0.25) is 0 Å². The summed E-state index contributed by atoms with van der Waals surface area (Å²) in [5.74, 6) is 0.438. The van der Waals surface area contributed by atoms with Crippen LogP contribution in [-0.4, -0.2) is 24.7 Å². The molecule has 24 heavy (non-hydrogen) atoms. The maximum Gasteiger partial charge on any atom is 0.163 e. The molecule has 2 N–H and O–H groups in total. The highest BCUT2D eigenvalue weighted by atomic mass is 35.5. The highest BCUT2D eigenvalue weighted by Gasteiger charge is 2.15. The molecule has 4 rings (SSSR count). The lowest BCUT2D eigenvalue weighted by Crippen LogP contribution is -1.99. The van der Waals surface area contributed by atoms with E-state index in [4.69, 9.17) is 17.3 Å². The monoisotopic (exact) mass is 340 g/mol. The van der Waals surface area contributed by atoms with E-state index in [0.29, 0.717) is 23.0 Å². The Morgan fingerprint density at radius 1 is 1.08 bits per heavy atom. The van der Waals surface area contributed by atoms with Gasteiger partial charge in [0.25, 0.3) is 0 Å². The van der Waals surface area contributed by atoms with E-state index < -0.39 is 5.82 Å². The normalized spacial score (nSPS) is 11.1. The van der Waals surface area contributed by atoms with E-state index in [-0.39, 0.29) is 5.02 Å². The van der Waals surface area contributed by atoms with Gasteiger partial charge in [-0.25, -0.2) is 24.0 Å². The zero-order valence-electron chi connectivity index (χ0n) is 12.2. The van der Waals surface area contributed by atoms with E-state index in [2.05, 4.69) is 20.1 Å². The van der Waals surface area contributed by atoms with Gasteiger partial charge in [-0.2, -0.15) is 5.10 Å². The second-order valence-corrected chi connectivity index (χ2v) is 5.46. The minimum absolute atomic E-state index is 0.243. The molecule has 1 aromatic carbocycles. The zero-order chi connectivity index (χ0) is 16.7. The van der Waals surface area contributed by atoms with Crippen LogP contribution in [0.2, 0.25) is 5.02 Å². The van der Waals surface area contributed by atoms with Gasteiger partial charge in [0.15, 0.2) is 11.5 Å². The molecule has 0 spiro atoms. The summed E-state index contributed by atoms with van der Waals surface area (Å²) in [6, 6.07) is 7.50. The molecule has 0 bridgehead atoms. The van der Waals surface area contributed by atoms with Crippen molar-refractivity contribution >= 4 is 28.5 Å². The first kappa shape index (κ1) is 14.5. The molecule has 0 saturated carbocycles. The van der Waals surface area contributed by atoms with Crippen LogP contribution in [-0.2, 0) is 0 Å². The number of nitrogens with zero attached hydrogens (tertiary/aromatic N) is 5. The van der Waals surface area contributed by atoms with Crippen molar-refractivity contribution in [1.82, 2.24) is 24.7 Å². The fourth-order valence-electron chi connectivity index (χ4n) is 2.46. The van der Waals surface area contributed by atoms with Gasteiger partial charge in [0.1, 0.15) is 11.6 Å². The molecule has 3 aromatic heterocycles. The van der Waals surface area contributed by atoms with E-state index in [0.717, 1.165) is 10.9 Å². The van der Waals surface area contributed by atoms with E-state index in [1.165, 1.54) is 12.1 Å². The number of rotatable bonds is 2. The van der Waals surface area contributed by atoms with Crippen LogP contribution >= 0.6 is 11.6 Å². The molecule has 8 heteroatoms. The Hall–Kier alpha value is -3.06. The molecule has 0 aliphatic carbocycles. The third-order valence-corrected chi connectivity index (χ3v) is 3.83. The van der Waals surface area contributed by atoms with Crippen molar-refractivity contribution in [2.24, 2.45) is 0 Å². The van der Waals surface area contributed by atoms with Gasteiger partial charge in [0.05, 0.1) is 22.3 Å². The lowest BCUT2D eigenvalue weighted by Gasteiger charge is -2.06. The Kier molecular flexibility index (Phi) is 3.35. The van der Waals surface area contributed by atoms with Gasteiger partial charge in [-0.15, -0.1) is 0 Å². The summed E-state index contributed by atoms with van der Waals surface area (Å²) in [6.07, 6.45) is 4.86. The van der Waals surface area contributed by atoms with Crippen LogP contribution in [0, 0.1) is 5.82 Å². The number of fused-ring (bicyclic) bond motifs is 1. The number of hydrogen-bond donors (Lipinski definition) is 1. The fourth-order valence-corrected chi connectivity index (χ4v) is 2.70. The van der Waals surface area contributed by atoms with Crippen molar-refractivity contribution in [3.8, 4) is 17.1 Å². The number of aromatic nitrogens is 5. The Morgan fingerprint density at radius 2 is 1.92 bits per heavy atom. The Labute approximate surface area is 140 Å². The molecule has 0 unspecified atom stereocenters. The minimum Gasteiger partial charge on any atom is -0.384 e. The summed E-state index contributed by atoms with van der Waals surface area (Å²) in [4.78, 5) is 12.8. The average molecular weight is 341 g/mol. The average Bonchev–Trinajstić information content (AvgIpc) is 2.99. The van der Waals surface area contributed by atoms with Crippen molar-refractivity contribution in [2.75, 3.05) is 5.73 Å². The number of nitrogens with two attached hydrogens (primary N) is 1. The van der Waals surface area contributed by atoms with Gasteiger partial charge in [0.2, 0.25) is 0 Å². The van der Waals surface area contributed by atoms with Crippen LogP contribution < -0.4 is 5.73 Å². The number of halogens is 2. The number of hydrogen-bond acceptors (Lipinski definition) is 5.